The van der Waals surface area contributed by atoms with E-state index >= 15 is 0 Å². The smallest absolute Gasteiger partial charge is 0.303 e. The fourth-order valence-electron chi connectivity index (χ4n) is 1.36. The molecule has 1 atom stereocenters. The number of nitrogens with two attached hydrogens (primary N) is 1. The molecule has 1 aromatic heterocycles. The lowest BCUT2D eigenvalue weighted by atomic mass is 10.1. The molecular weight excluding hydrogens is 208 g/mol. The van der Waals surface area contributed by atoms with Gasteiger partial charge in [-0.3, -0.25) is 4.79 Å². The first-order chi connectivity index (χ1) is 7.61. The van der Waals surface area contributed by atoms with Gasteiger partial charge in [-0.15, -0.1) is 0 Å². The van der Waals surface area contributed by atoms with Crippen molar-refractivity contribution in [3.63, 3.8) is 0 Å². The highest BCUT2D eigenvalue weighted by Gasteiger charge is 2.08. The molecule has 1 rings (SSSR count). The van der Waals surface area contributed by atoms with Gasteiger partial charge in [-0.2, -0.15) is 0 Å². The summed E-state index contributed by atoms with van der Waals surface area (Å²) in [6.07, 6.45) is 1.10. The molecule has 1 unspecified atom stereocenters. The predicted molar refractivity (Wildman–Crippen MR) is 59.3 cm³/mol. The number of aromatic nitrogens is 1. The maximum absolute atomic E-state index is 10.4. The Morgan fingerprint density at radius 1 is 1.62 bits per heavy atom. The Morgan fingerprint density at radius 2 is 2.38 bits per heavy atom. The molecule has 5 nitrogen and oxygen atoms in total. The van der Waals surface area contributed by atoms with Gasteiger partial charge in [-0.05, 0) is 12.5 Å². The zero-order valence-corrected chi connectivity index (χ0v) is 9.22. The Kier molecular flexibility index (Phi) is 4.72. The van der Waals surface area contributed by atoms with E-state index in [-0.39, 0.29) is 12.5 Å². The molecule has 0 aliphatic rings. The second kappa shape index (κ2) is 6.07. The number of methoxy groups -OCH3 is 1. The molecule has 5 heteroatoms. The normalized spacial score (nSPS) is 12.1. The lowest BCUT2D eigenvalue weighted by molar-refractivity contribution is -0.137. The van der Waals surface area contributed by atoms with Gasteiger partial charge >= 0.3 is 5.97 Å². The highest BCUT2D eigenvalue weighted by molar-refractivity contribution is 5.66. The summed E-state index contributed by atoms with van der Waals surface area (Å²) in [7, 11) is 1.55. The summed E-state index contributed by atoms with van der Waals surface area (Å²) in [6.45, 7) is 0. The molecule has 1 heterocycles. The van der Waals surface area contributed by atoms with Crippen LogP contribution in [0.4, 0.5) is 0 Å². The fourth-order valence-corrected chi connectivity index (χ4v) is 1.36. The SMILES string of the molecule is COc1cccc(CC(N)CCC(=O)O)n1. The van der Waals surface area contributed by atoms with Crippen LogP contribution in [-0.4, -0.2) is 29.2 Å². The van der Waals surface area contributed by atoms with Crippen LogP contribution in [0, 0.1) is 0 Å². The molecule has 1 aromatic rings. The molecule has 88 valence electrons. The van der Waals surface area contributed by atoms with Crippen molar-refractivity contribution in [2.75, 3.05) is 7.11 Å². The average molecular weight is 224 g/mol. The molecular formula is C11H16N2O3. The van der Waals surface area contributed by atoms with Crippen LogP contribution in [0.1, 0.15) is 18.5 Å². The number of carboxylic acid groups (broad SMARTS) is 1. The van der Waals surface area contributed by atoms with Crippen LogP contribution in [0.2, 0.25) is 0 Å². The topological polar surface area (TPSA) is 85.4 Å². The van der Waals surface area contributed by atoms with Gasteiger partial charge < -0.3 is 15.6 Å². The third-order valence-electron chi connectivity index (χ3n) is 2.19. The Hall–Kier alpha value is -1.62. The van der Waals surface area contributed by atoms with Crippen molar-refractivity contribution >= 4 is 5.97 Å². The van der Waals surface area contributed by atoms with Crippen molar-refractivity contribution in [1.82, 2.24) is 4.98 Å². The largest absolute Gasteiger partial charge is 0.481 e. The van der Waals surface area contributed by atoms with Gasteiger partial charge in [-0.1, -0.05) is 6.07 Å². The molecule has 0 aliphatic carbocycles. The molecule has 0 bridgehead atoms. The van der Waals surface area contributed by atoms with E-state index in [1.807, 2.05) is 12.1 Å². The van der Waals surface area contributed by atoms with Crippen LogP contribution < -0.4 is 10.5 Å². The number of ether oxygens (including phenoxy) is 1. The molecule has 0 amide bonds. The van der Waals surface area contributed by atoms with Gasteiger partial charge in [0.15, 0.2) is 0 Å². The van der Waals surface area contributed by atoms with E-state index in [1.54, 1.807) is 13.2 Å². The van der Waals surface area contributed by atoms with Crippen molar-refractivity contribution in [1.29, 1.82) is 0 Å². The van der Waals surface area contributed by atoms with Crippen molar-refractivity contribution in [2.24, 2.45) is 5.73 Å². The number of aliphatic carboxylic acids is 1. The highest BCUT2D eigenvalue weighted by atomic mass is 16.5. The van der Waals surface area contributed by atoms with Gasteiger partial charge in [0.1, 0.15) is 0 Å². The maximum atomic E-state index is 10.4. The molecule has 16 heavy (non-hydrogen) atoms. The van der Waals surface area contributed by atoms with Crippen LogP contribution in [-0.2, 0) is 11.2 Å². The van der Waals surface area contributed by atoms with Gasteiger partial charge in [0.05, 0.1) is 7.11 Å². The average Bonchev–Trinajstić information content (AvgIpc) is 2.26. The Labute approximate surface area is 94.2 Å². The van der Waals surface area contributed by atoms with Gasteiger partial charge in [0, 0.05) is 30.6 Å². The van der Waals surface area contributed by atoms with E-state index < -0.39 is 5.97 Å². The van der Waals surface area contributed by atoms with Crippen LogP contribution >= 0.6 is 0 Å². The van der Waals surface area contributed by atoms with Crippen LogP contribution in [0.15, 0.2) is 18.2 Å². The predicted octanol–water partition coefficient (Wildman–Crippen LogP) is 0.825. The Bertz CT molecular complexity index is 355. The highest BCUT2D eigenvalue weighted by Crippen LogP contribution is 2.09. The Morgan fingerprint density at radius 3 is 3.00 bits per heavy atom. The molecule has 0 spiro atoms. The summed E-state index contributed by atoms with van der Waals surface area (Å²) in [5.74, 6) is -0.281. The van der Waals surface area contributed by atoms with E-state index in [1.165, 1.54) is 0 Å². The van der Waals surface area contributed by atoms with Crippen LogP contribution in [0.3, 0.4) is 0 Å². The minimum Gasteiger partial charge on any atom is -0.481 e. The van der Waals surface area contributed by atoms with Crippen LogP contribution in [0.25, 0.3) is 0 Å². The molecule has 0 aliphatic heterocycles. The standard InChI is InChI=1S/C11H16N2O3/c1-16-10-4-2-3-9(13-10)7-8(12)5-6-11(14)15/h2-4,8H,5-7,12H2,1H3,(H,14,15). The number of nitrogens with zero attached hydrogens (tertiary/aromatic N) is 1. The second-order valence-corrected chi connectivity index (χ2v) is 3.57. The summed E-state index contributed by atoms with van der Waals surface area (Å²) in [6, 6.07) is 5.26. The number of pyridine rings is 1. The van der Waals surface area contributed by atoms with Crippen molar-refractivity contribution < 1.29 is 14.6 Å². The monoisotopic (exact) mass is 224 g/mol. The van der Waals surface area contributed by atoms with Crippen molar-refractivity contribution in [3.05, 3.63) is 23.9 Å². The molecule has 0 saturated heterocycles. The van der Waals surface area contributed by atoms with E-state index in [9.17, 15) is 4.79 Å². The number of hydrogen-bond acceptors (Lipinski definition) is 4. The summed E-state index contributed by atoms with van der Waals surface area (Å²) in [5, 5.41) is 8.52. The quantitative estimate of drug-likeness (QED) is 0.747. The van der Waals surface area contributed by atoms with Crippen LogP contribution in [0.5, 0.6) is 5.88 Å². The number of carboxylic acids is 1. The third kappa shape index (κ3) is 4.27. The number of hydrogen-bond donors (Lipinski definition) is 2. The summed E-state index contributed by atoms with van der Waals surface area (Å²) in [5.41, 5.74) is 6.62. The Balaban J connectivity index is 2.48. The molecule has 0 saturated carbocycles. The molecule has 0 fully saturated rings. The molecule has 0 aromatic carbocycles. The van der Waals surface area contributed by atoms with Crippen molar-refractivity contribution in [3.8, 4) is 5.88 Å². The van der Waals surface area contributed by atoms with Gasteiger partial charge in [0.25, 0.3) is 0 Å². The number of rotatable bonds is 6. The minimum atomic E-state index is -0.825. The molecule has 3 N–H and O–H groups in total. The minimum absolute atomic E-state index is 0.0884. The van der Waals surface area contributed by atoms with Gasteiger partial charge in [-0.25, -0.2) is 4.98 Å². The lowest BCUT2D eigenvalue weighted by Gasteiger charge is -2.10. The lowest BCUT2D eigenvalue weighted by Crippen LogP contribution is -2.24. The van der Waals surface area contributed by atoms with E-state index in [4.69, 9.17) is 15.6 Å². The maximum Gasteiger partial charge on any atom is 0.303 e. The molecule has 0 radical (unpaired) electrons. The zero-order valence-electron chi connectivity index (χ0n) is 9.22. The zero-order chi connectivity index (χ0) is 12.0. The van der Waals surface area contributed by atoms with Gasteiger partial charge in [0.2, 0.25) is 5.88 Å². The van der Waals surface area contributed by atoms with E-state index in [0.29, 0.717) is 18.7 Å². The first-order valence-electron chi connectivity index (χ1n) is 5.09. The number of carbonyl (C=O) groups is 1. The first kappa shape index (κ1) is 12.4. The van der Waals surface area contributed by atoms with Crippen molar-refractivity contribution in [2.45, 2.75) is 25.3 Å². The van der Waals surface area contributed by atoms with E-state index in [2.05, 4.69) is 4.98 Å². The fraction of sp³-hybridized carbons (Fsp3) is 0.455. The van der Waals surface area contributed by atoms with E-state index in [0.717, 1.165) is 5.69 Å². The second-order valence-electron chi connectivity index (χ2n) is 3.57. The summed E-state index contributed by atoms with van der Waals surface area (Å²) < 4.78 is 4.99. The summed E-state index contributed by atoms with van der Waals surface area (Å²) in [4.78, 5) is 14.6. The third-order valence-corrected chi connectivity index (χ3v) is 2.19. The summed E-state index contributed by atoms with van der Waals surface area (Å²) >= 11 is 0. The first-order valence-corrected chi connectivity index (χ1v) is 5.09.